The van der Waals surface area contributed by atoms with Crippen molar-refractivity contribution < 1.29 is 14.3 Å². The molecule has 0 bridgehead atoms. The van der Waals surface area contributed by atoms with E-state index in [2.05, 4.69) is 11.4 Å². The fourth-order valence-electron chi connectivity index (χ4n) is 3.30. The predicted octanol–water partition coefficient (Wildman–Crippen LogP) is 4.66. The summed E-state index contributed by atoms with van der Waals surface area (Å²) < 4.78 is 5.29. The lowest BCUT2D eigenvalue weighted by molar-refractivity contribution is -0.154. The molecule has 1 amide bonds. The maximum Gasteiger partial charge on any atom is 0.311 e. The minimum Gasteiger partial charge on any atom is -0.452 e. The summed E-state index contributed by atoms with van der Waals surface area (Å²) in [5, 5.41) is 3.81. The molecular formula is C21H21Cl2NO3. The summed E-state index contributed by atoms with van der Waals surface area (Å²) in [6, 6.07) is 13.0. The van der Waals surface area contributed by atoms with E-state index in [-0.39, 0.29) is 18.4 Å². The van der Waals surface area contributed by atoms with Crippen LogP contribution in [0.4, 0.5) is 0 Å². The van der Waals surface area contributed by atoms with Gasteiger partial charge in [-0.1, -0.05) is 53.5 Å². The molecule has 0 saturated heterocycles. The summed E-state index contributed by atoms with van der Waals surface area (Å²) >= 11 is 11.8. The van der Waals surface area contributed by atoms with Gasteiger partial charge in [-0.3, -0.25) is 9.59 Å². The van der Waals surface area contributed by atoms with Crippen LogP contribution in [-0.2, 0) is 27.2 Å². The number of aryl methyl sites for hydroxylation is 1. The molecule has 0 radical (unpaired) electrons. The van der Waals surface area contributed by atoms with Crippen molar-refractivity contribution in [2.24, 2.45) is 0 Å². The van der Waals surface area contributed by atoms with Gasteiger partial charge in [0.25, 0.3) is 5.91 Å². The summed E-state index contributed by atoms with van der Waals surface area (Å²) in [5.74, 6) is -0.778. The van der Waals surface area contributed by atoms with Crippen LogP contribution >= 0.6 is 23.2 Å². The number of ether oxygens (including phenoxy) is 1. The molecule has 0 aromatic heterocycles. The third kappa shape index (κ3) is 5.02. The van der Waals surface area contributed by atoms with Gasteiger partial charge < -0.3 is 10.1 Å². The Hall–Kier alpha value is -2.04. The monoisotopic (exact) mass is 405 g/mol. The van der Waals surface area contributed by atoms with Gasteiger partial charge in [0.15, 0.2) is 6.10 Å². The summed E-state index contributed by atoms with van der Waals surface area (Å²) in [6.07, 6.45) is 2.09. The van der Waals surface area contributed by atoms with Crippen LogP contribution in [0, 0.1) is 0 Å². The van der Waals surface area contributed by atoms with Gasteiger partial charge in [-0.2, -0.15) is 0 Å². The minimum atomic E-state index is -0.866. The molecule has 0 heterocycles. The van der Waals surface area contributed by atoms with Crippen molar-refractivity contribution in [1.29, 1.82) is 0 Å². The van der Waals surface area contributed by atoms with E-state index in [1.54, 1.807) is 25.1 Å². The quantitative estimate of drug-likeness (QED) is 0.735. The van der Waals surface area contributed by atoms with Crippen molar-refractivity contribution >= 4 is 35.1 Å². The van der Waals surface area contributed by atoms with Gasteiger partial charge in [0.05, 0.1) is 22.5 Å². The maximum absolute atomic E-state index is 12.5. The average Bonchev–Trinajstić information content (AvgIpc) is 2.65. The zero-order chi connectivity index (χ0) is 19.4. The van der Waals surface area contributed by atoms with Crippen LogP contribution < -0.4 is 5.32 Å². The third-order valence-electron chi connectivity index (χ3n) is 4.70. The van der Waals surface area contributed by atoms with Crippen molar-refractivity contribution in [2.45, 2.75) is 44.8 Å². The molecule has 0 spiro atoms. The molecule has 4 nitrogen and oxygen atoms in total. The van der Waals surface area contributed by atoms with Crippen molar-refractivity contribution in [3.63, 3.8) is 0 Å². The molecule has 6 heteroatoms. The molecule has 2 aromatic carbocycles. The van der Waals surface area contributed by atoms with E-state index in [0.29, 0.717) is 15.6 Å². The standard InChI is InChI=1S/C21H21Cl2NO3/c1-13(27-20(25)12-14-9-10-17(22)18(23)11-14)21(26)24-19-8-4-6-15-5-2-3-7-16(15)19/h2-3,5,7,9-11,13,19H,4,6,8,12H2,1H3,(H,24,26)/t13-,19+/m1/s1. The second-order valence-corrected chi connectivity index (χ2v) is 7.52. The van der Waals surface area contributed by atoms with E-state index < -0.39 is 12.1 Å². The Labute approximate surface area is 168 Å². The zero-order valence-electron chi connectivity index (χ0n) is 15.0. The highest BCUT2D eigenvalue weighted by molar-refractivity contribution is 6.42. The van der Waals surface area contributed by atoms with Crippen molar-refractivity contribution in [2.75, 3.05) is 0 Å². The van der Waals surface area contributed by atoms with E-state index in [4.69, 9.17) is 27.9 Å². The summed E-state index contributed by atoms with van der Waals surface area (Å²) in [7, 11) is 0. The third-order valence-corrected chi connectivity index (χ3v) is 5.43. The molecule has 0 saturated carbocycles. The number of hydrogen-bond donors (Lipinski definition) is 1. The number of amides is 1. The normalized spacial score (nSPS) is 16.9. The van der Waals surface area contributed by atoms with Crippen LogP contribution in [0.2, 0.25) is 10.0 Å². The molecule has 0 fully saturated rings. The van der Waals surface area contributed by atoms with Crippen LogP contribution in [0.5, 0.6) is 0 Å². The number of carbonyl (C=O) groups is 2. The number of halogens is 2. The van der Waals surface area contributed by atoms with Gasteiger partial charge in [0, 0.05) is 0 Å². The van der Waals surface area contributed by atoms with E-state index in [9.17, 15) is 9.59 Å². The lowest BCUT2D eigenvalue weighted by Gasteiger charge is -2.27. The highest BCUT2D eigenvalue weighted by Crippen LogP contribution is 2.29. The van der Waals surface area contributed by atoms with Crippen molar-refractivity contribution in [3.8, 4) is 0 Å². The zero-order valence-corrected chi connectivity index (χ0v) is 16.5. The SMILES string of the molecule is C[C@@H](OC(=O)Cc1ccc(Cl)c(Cl)c1)C(=O)N[C@H]1CCCc2ccccc21. The number of esters is 1. The van der Waals surface area contributed by atoms with Gasteiger partial charge in [0.1, 0.15) is 0 Å². The second kappa shape index (κ2) is 8.77. The fraction of sp³-hybridized carbons (Fsp3) is 0.333. The van der Waals surface area contributed by atoms with Crippen LogP contribution in [0.3, 0.4) is 0 Å². The van der Waals surface area contributed by atoms with E-state index in [1.165, 1.54) is 5.56 Å². The molecule has 1 N–H and O–H groups in total. The Morgan fingerprint density at radius 1 is 1.19 bits per heavy atom. The smallest absolute Gasteiger partial charge is 0.311 e. The summed E-state index contributed by atoms with van der Waals surface area (Å²) in [5.41, 5.74) is 3.09. The number of nitrogens with one attached hydrogen (secondary N) is 1. The highest BCUT2D eigenvalue weighted by Gasteiger charge is 2.25. The first-order valence-corrected chi connectivity index (χ1v) is 9.71. The lowest BCUT2D eigenvalue weighted by atomic mass is 9.87. The number of hydrogen-bond acceptors (Lipinski definition) is 3. The van der Waals surface area contributed by atoms with Crippen molar-refractivity contribution in [1.82, 2.24) is 5.32 Å². The fourth-order valence-corrected chi connectivity index (χ4v) is 3.62. The molecule has 1 aliphatic carbocycles. The lowest BCUT2D eigenvalue weighted by Crippen LogP contribution is -2.39. The van der Waals surface area contributed by atoms with Gasteiger partial charge in [-0.15, -0.1) is 0 Å². The topological polar surface area (TPSA) is 55.4 Å². The molecule has 0 aliphatic heterocycles. The Bertz CT molecular complexity index is 853. The van der Waals surface area contributed by atoms with Gasteiger partial charge >= 0.3 is 5.97 Å². The first-order valence-electron chi connectivity index (χ1n) is 8.95. The van der Waals surface area contributed by atoms with Crippen LogP contribution in [0.1, 0.15) is 42.5 Å². The molecule has 3 rings (SSSR count). The summed E-state index contributed by atoms with van der Waals surface area (Å²) in [6.45, 7) is 1.58. The van der Waals surface area contributed by atoms with Gasteiger partial charge in [-0.25, -0.2) is 0 Å². The number of rotatable bonds is 5. The number of benzene rings is 2. The molecule has 0 unspecified atom stereocenters. The molecular weight excluding hydrogens is 385 g/mol. The molecule has 2 aromatic rings. The maximum atomic E-state index is 12.5. The molecule has 1 aliphatic rings. The first-order chi connectivity index (χ1) is 12.9. The number of fused-ring (bicyclic) bond motifs is 1. The Morgan fingerprint density at radius 3 is 2.74 bits per heavy atom. The second-order valence-electron chi connectivity index (χ2n) is 6.71. The van der Waals surface area contributed by atoms with E-state index >= 15 is 0 Å². The average molecular weight is 406 g/mol. The highest BCUT2D eigenvalue weighted by atomic mass is 35.5. The van der Waals surface area contributed by atoms with Crippen LogP contribution in [-0.4, -0.2) is 18.0 Å². The predicted molar refractivity (Wildman–Crippen MR) is 106 cm³/mol. The van der Waals surface area contributed by atoms with Crippen LogP contribution in [0.25, 0.3) is 0 Å². The first kappa shape index (κ1) is 19.7. The Kier molecular flexibility index (Phi) is 6.40. The van der Waals surface area contributed by atoms with E-state index in [1.807, 2.05) is 18.2 Å². The van der Waals surface area contributed by atoms with E-state index in [0.717, 1.165) is 24.8 Å². The van der Waals surface area contributed by atoms with Crippen LogP contribution in [0.15, 0.2) is 42.5 Å². The Balaban J connectivity index is 1.56. The van der Waals surface area contributed by atoms with Gasteiger partial charge in [0.2, 0.25) is 0 Å². The van der Waals surface area contributed by atoms with Gasteiger partial charge in [-0.05, 0) is 55.0 Å². The largest absolute Gasteiger partial charge is 0.452 e. The molecule has 27 heavy (non-hydrogen) atoms. The number of carbonyl (C=O) groups excluding carboxylic acids is 2. The molecule has 2 atom stereocenters. The van der Waals surface area contributed by atoms with Crippen molar-refractivity contribution in [3.05, 3.63) is 69.2 Å². The molecule has 142 valence electrons. The minimum absolute atomic E-state index is 0.0285. The Morgan fingerprint density at radius 2 is 1.96 bits per heavy atom. The summed E-state index contributed by atoms with van der Waals surface area (Å²) in [4.78, 5) is 24.6.